The fraction of sp³-hybridized carbons (Fsp3) is 0.0755. The molecule has 116 heavy (non-hydrogen) atoms. The van der Waals surface area contributed by atoms with Gasteiger partial charge >= 0.3 is 0 Å². The number of hydrogen-bond acceptors (Lipinski definition) is 8. The van der Waals surface area contributed by atoms with Gasteiger partial charge in [-0.05, 0) is 230 Å². The maximum absolute atomic E-state index is 5.58. The van der Waals surface area contributed by atoms with Gasteiger partial charge in [-0.1, -0.05) is 228 Å². The van der Waals surface area contributed by atoms with Crippen molar-refractivity contribution in [2.45, 2.75) is 54.6 Å². The zero-order valence-electron chi connectivity index (χ0n) is 65.3. The predicted molar refractivity (Wildman–Crippen MR) is 483 cm³/mol. The molecule has 0 radical (unpaired) electrons. The maximum atomic E-state index is 5.58. The normalized spacial score (nSPS) is 15.7. The molecule has 16 bridgehead atoms. The highest BCUT2D eigenvalue weighted by Crippen LogP contribution is 2.43. The standard InChI is InChI=1S/C106H80N10/c1-65-7-23-75(24-8-65)99-83-39-43-87(107-83)101(77-27-11-67(3)12-28-77)91-47-51-95(111-91)105(96-52-48-92(112-96)102(88-44-40-84(99)108-88)78-29-13-68(4)14-30-78)81-35-19-71(20-36-81)63-115-59-55-73(56-60-115)74-57-61-116(62-58-74)64-72-21-37-82(38-22-72)106-97-53-49-93(113-97)103(79-31-15-69(5)16-32-79)89-45-41-85(109-89)100(76-25-9-66(2)10-26-76)86-42-46-90(110-86)104(94-50-54-98(106)114-94)80-33-17-70(6)18-34-80/h7-62,107,111H,63-64H2,1-6H3. The van der Waals surface area contributed by atoms with Gasteiger partial charge in [0.15, 0.2) is 0 Å². The Morgan fingerprint density at radius 2 is 0.457 bits per heavy atom. The molecule has 0 saturated heterocycles. The average molecular weight is 1490 g/mol. The van der Waals surface area contributed by atoms with Crippen LogP contribution < -0.4 is 0 Å². The highest BCUT2D eigenvalue weighted by molar-refractivity contribution is 6.40. The summed E-state index contributed by atoms with van der Waals surface area (Å²) in [7, 11) is 0. The van der Waals surface area contributed by atoms with Crippen molar-refractivity contribution in [3.05, 3.63) is 440 Å². The van der Waals surface area contributed by atoms with Crippen LogP contribution in [0, 0.1) is 41.5 Å². The first-order valence-corrected chi connectivity index (χ1v) is 39.7. The molecular weight excluding hydrogens is 1410 g/mol. The first-order valence-electron chi connectivity index (χ1n) is 39.7. The predicted octanol–water partition coefficient (Wildman–Crippen LogP) is 24.9. The molecule has 12 heterocycles. The number of aryl methyl sites for hydroxylation is 6. The van der Waals surface area contributed by atoms with E-state index in [0.717, 1.165) is 191 Å². The molecule has 10 heteroatoms. The Hall–Kier alpha value is -14.7. The van der Waals surface area contributed by atoms with E-state index in [1.165, 1.54) is 44.5 Å². The number of benzene rings is 8. The van der Waals surface area contributed by atoms with Crippen LogP contribution in [0.2, 0.25) is 0 Å². The van der Waals surface area contributed by atoms with Crippen LogP contribution in [0.3, 0.4) is 0 Å². The topological polar surface area (TPSA) is 113 Å². The van der Waals surface area contributed by atoms with E-state index >= 15 is 0 Å². The number of allylic oxidation sites excluding steroid dienone is 18. The van der Waals surface area contributed by atoms with Gasteiger partial charge in [0.1, 0.15) is 0 Å². The SMILES string of the molecule is Cc1ccc(C2=C3C=CC(=N3)C(c3ccc(C)cc3)=C3C=CC(=N3)C(c3ccc(CN4C=CC(=C5C=CN(Cc6ccc(-c7c8nc(c(-c9ccc(C)cc9)c9nc(c(-c%10ccc(C)cc%10)c%10ccc([nH]%10)c(-c%10ccc(C)cc%10)c%10ccc7[nH]%10)C=C9)C=C8)cc6)C=C5)C=C4)cc3)=C3C=CC(=N3)C(c3ccc(C)cc3)=C3C=CC2=N3)cc1. The number of nitrogens with zero attached hydrogens (tertiary/aromatic N) is 8. The number of rotatable bonds is 12. The molecule has 554 valence electrons. The monoisotopic (exact) mass is 1490 g/mol. The molecule has 20 rings (SSSR count). The van der Waals surface area contributed by atoms with Crippen LogP contribution in [0.25, 0.3) is 113 Å². The van der Waals surface area contributed by atoms with Gasteiger partial charge < -0.3 is 19.8 Å². The Bertz CT molecular complexity index is 6730. The van der Waals surface area contributed by atoms with E-state index in [4.69, 9.17) is 29.9 Å². The van der Waals surface area contributed by atoms with Crippen molar-refractivity contribution in [1.82, 2.24) is 29.7 Å². The number of hydrogen-bond donors (Lipinski definition) is 2. The molecule has 0 fully saturated rings. The lowest BCUT2D eigenvalue weighted by molar-refractivity contribution is 0.495. The van der Waals surface area contributed by atoms with E-state index in [1.54, 1.807) is 0 Å². The number of aromatic amines is 2. The quantitative estimate of drug-likeness (QED) is 0.127. The Labute approximate surface area is 675 Å². The highest BCUT2D eigenvalue weighted by Gasteiger charge is 2.29. The van der Waals surface area contributed by atoms with Gasteiger partial charge in [-0.25, -0.2) is 29.9 Å². The van der Waals surface area contributed by atoms with Crippen molar-refractivity contribution >= 4 is 91.5 Å². The minimum atomic E-state index is 0.686. The van der Waals surface area contributed by atoms with E-state index in [9.17, 15) is 0 Å². The summed E-state index contributed by atoms with van der Waals surface area (Å²) in [4.78, 5) is 45.5. The van der Waals surface area contributed by atoms with E-state index in [-0.39, 0.29) is 0 Å². The molecule has 0 aliphatic carbocycles. The summed E-state index contributed by atoms with van der Waals surface area (Å²) >= 11 is 0. The molecule has 9 aliphatic rings. The van der Waals surface area contributed by atoms with Crippen molar-refractivity contribution < 1.29 is 0 Å². The van der Waals surface area contributed by atoms with E-state index in [0.29, 0.717) is 13.1 Å². The lowest BCUT2D eigenvalue weighted by Crippen LogP contribution is -2.13. The number of aliphatic imine (C=N–C) groups is 4. The summed E-state index contributed by atoms with van der Waals surface area (Å²) in [6.45, 7) is 14.1. The number of aromatic nitrogens is 4. The van der Waals surface area contributed by atoms with Crippen molar-refractivity contribution in [3.8, 4) is 44.5 Å². The van der Waals surface area contributed by atoms with E-state index in [1.807, 2.05) is 0 Å². The summed E-state index contributed by atoms with van der Waals surface area (Å²) in [5.41, 5.74) is 42.2. The van der Waals surface area contributed by atoms with Gasteiger partial charge in [0.05, 0.1) is 68.4 Å². The van der Waals surface area contributed by atoms with Crippen LogP contribution in [0.4, 0.5) is 0 Å². The zero-order valence-corrected chi connectivity index (χ0v) is 65.3. The van der Waals surface area contributed by atoms with Gasteiger partial charge in [0, 0.05) is 105 Å². The molecule has 0 amide bonds. The van der Waals surface area contributed by atoms with Crippen LogP contribution in [-0.2, 0) is 13.1 Å². The first kappa shape index (κ1) is 70.4. The molecular formula is C106H80N10. The first-order chi connectivity index (χ1) is 56.8. The van der Waals surface area contributed by atoms with Gasteiger partial charge in [-0.3, -0.25) is 0 Å². The Balaban J connectivity index is 0.582. The van der Waals surface area contributed by atoms with Gasteiger partial charge in [0.25, 0.3) is 0 Å². The fourth-order valence-corrected chi connectivity index (χ4v) is 16.5. The third-order valence-corrected chi connectivity index (χ3v) is 22.7. The molecule has 11 aromatic rings. The van der Waals surface area contributed by atoms with Crippen LogP contribution in [-0.4, -0.2) is 52.6 Å². The molecule has 3 aromatic heterocycles. The summed E-state index contributed by atoms with van der Waals surface area (Å²) in [6.07, 6.45) is 43.2. The van der Waals surface area contributed by atoms with Crippen molar-refractivity contribution in [1.29, 1.82) is 0 Å². The average Bonchev–Trinajstić information content (AvgIpc) is 1.62. The van der Waals surface area contributed by atoms with Crippen LogP contribution >= 0.6 is 0 Å². The highest BCUT2D eigenvalue weighted by atomic mass is 15.1. The van der Waals surface area contributed by atoms with E-state index in [2.05, 4.69) is 402 Å². The minimum Gasteiger partial charge on any atom is -0.354 e. The molecule has 8 aromatic carbocycles. The van der Waals surface area contributed by atoms with Crippen molar-refractivity contribution in [3.63, 3.8) is 0 Å². The van der Waals surface area contributed by atoms with Crippen molar-refractivity contribution in [2.75, 3.05) is 0 Å². The fourth-order valence-electron chi connectivity index (χ4n) is 16.5. The third-order valence-electron chi connectivity index (χ3n) is 22.7. The number of H-pyrrole nitrogens is 2. The number of nitrogens with one attached hydrogen (secondary N) is 2. The third kappa shape index (κ3) is 13.6. The maximum Gasteiger partial charge on any atom is 0.0738 e. The Morgan fingerprint density at radius 3 is 0.750 bits per heavy atom. The van der Waals surface area contributed by atoms with Gasteiger partial charge in [-0.15, -0.1) is 0 Å². The second-order valence-electron chi connectivity index (χ2n) is 31.0. The second kappa shape index (κ2) is 29.4. The largest absolute Gasteiger partial charge is 0.354 e. The lowest BCUT2D eigenvalue weighted by Gasteiger charge is -2.22. The van der Waals surface area contributed by atoms with Gasteiger partial charge in [0.2, 0.25) is 0 Å². The summed E-state index contributed by atoms with van der Waals surface area (Å²) in [5, 5.41) is 0. The van der Waals surface area contributed by atoms with E-state index < -0.39 is 0 Å². The van der Waals surface area contributed by atoms with Crippen LogP contribution in [0.1, 0.15) is 89.5 Å². The van der Waals surface area contributed by atoms with Crippen molar-refractivity contribution in [2.24, 2.45) is 20.0 Å². The molecule has 9 aliphatic heterocycles. The minimum absolute atomic E-state index is 0.686. The Morgan fingerprint density at radius 1 is 0.224 bits per heavy atom. The number of fused-ring (bicyclic) bond motifs is 12. The summed E-state index contributed by atoms with van der Waals surface area (Å²) < 4.78 is 0. The second-order valence-corrected chi connectivity index (χ2v) is 31.0. The van der Waals surface area contributed by atoms with Gasteiger partial charge in [-0.2, -0.15) is 0 Å². The summed E-state index contributed by atoms with van der Waals surface area (Å²) in [6, 6.07) is 78.9. The smallest absolute Gasteiger partial charge is 0.0738 e. The molecule has 0 saturated carbocycles. The lowest BCUT2D eigenvalue weighted by atomic mass is 9.97. The Kier molecular flexibility index (Phi) is 17.8. The molecule has 0 atom stereocenters. The molecule has 2 N–H and O–H groups in total. The van der Waals surface area contributed by atoms with Crippen LogP contribution in [0.5, 0.6) is 0 Å². The zero-order chi connectivity index (χ0) is 78.1. The summed E-state index contributed by atoms with van der Waals surface area (Å²) in [5.74, 6) is 0. The molecule has 10 nitrogen and oxygen atoms in total. The molecule has 0 spiro atoms. The molecule has 0 unspecified atom stereocenters. The van der Waals surface area contributed by atoms with Crippen LogP contribution in [0.15, 0.2) is 370 Å².